The monoisotopic (exact) mass is 500 g/mol. The van der Waals surface area contributed by atoms with Crippen molar-refractivity contribution in [2.75, 3.05) is 19.7 Å². The molecule has 0 saturated carbocycles. The molecular weight excluding hydrogens is 464 g/mol. The molecule has 4 unspecified atom stereocenters. The summed E-state index contributed by atoms with van der Waals surface area (Å²) in [5.74, 6) is -4.76. The van der Waals surface area contributed by atoms with E-state index in [1.807, 2.05) is 0 Å². The maximum atomic E-state index is 12.9. The van der Waals surface area contributed by atoms with Crippen molar-refractivity contribution in [3.8, 4) is 0 Å². The van der Waals surface area contributed by atoms with Gasteiger partial charge in [0, 0.05) is 25.9 Å². The topological polar surface area (TPSA) is 234 Å². The fraction of sp³-hybridized carbons (Fsp3) is 0.714. The Morgan fingerprint density at radius 3 is 2.20 bits per heavy atom. The van der Waals surface area contributed by atoms with E-state index in [0.717, 1.165) is 6.92 Å². The van der Waals surface area contributed by atoms with Crippen LogP contribution in [0.5, 0.6) is 0 Å². The van der Waals surface area contributed by atoms with Crippen molar-refractivity contribution in [3.63, 3.8) is 0 Å². The number of hydrogen-bond acceptors (Lipinski definition) is 8. The van der Waals surface area contributed by atoms with Crippen molar-refractivity contribution in [1.29, 1.82) is 0 Å². The molecule has 9 N–H and O–H groups in total. The molecule has 0 spiro atoms. The van der Waals surface area contributed by atoms with Gasteiger partial charge in [0.1, 0.15) is 18.1 Å². The fourth-order valence-electron chi connectivity index (χ4n) is 3.85. The highest BCUT2D eigenvalue weighted by molar-refractivity contribution is 5.94. The lowest BCUT2D eigenvalue weighted by atomic mass is 10.0. The summed E-state index contributed by atoms with van der Waals surface area (Å²) < 4.78 is 0. The van der Waals surface area contributed by atoms with E-state index in [1.54, 1.807) is 0 Å². The molecule has 1 fully saturated rings. The van der Waals surface area contributed by atoms with Gasteiger partial charge in [-0.15, -0.1) is 0 Å². The van der Waals surface area contributed by atoms with Crippen LogP contribution in [0.2, 0.25) is 0 Å². The van der Waals surface area contributed by atoms with Crippen LogP contribution in [0.3, 0.4) is 0 Å². The zero-order valence-electron chi connectivity index (χ0n) is 19.8. The first kappa shape index (κ1) is 29.8. The number of likely N-dealkylation sites (tertiary alicyclic amines) is 1. The third-order valence-corrected chi connectivity index (χ3v) is 5.56. The Morgan fingerprint density at radius 1 is 1.00 bits per heavy atom. The minimum Gasteiger partial charge on any atom is -0.481 e. The first-order valence-corrected chi connectivity index (χ1v) is 11.5. The average Bonchev–Trinajstić information content (AvgIpc) is 3.27. The molecule has 35 heavy (non-hydrogen) atoms. The van der Waals surface area contributed by atoms with Crippen LogP contribution in [-0.2, 0) is 28.8 Å². The number of aliphatic hydroxyl groups is 1. The molecule has 4 atom stereocenters. The minimum atomic E-state index is -1.53. The number of primary amides is 1. The number of hydrogen-bond donors (Lipinski definition) is 7. The van der Waals surface area contributed by atoms with Crippen LogP contribution in [0.25, 0.3) is 0 Å². The highest BCUT2D eigenvalue weighted by atomic mass is 16.4. The van der Waals surface area contributed by atoms with Gasteiger partial charge in [-0.25, -0.2) is 0 Å². The number of carbonyl (C=O) groups excluding carboxylic acids is 5. The summed E-state index contributed by atoms with van der Waals surface area (Å²) in [5, 5.41) is 25.6. The molecule has 0 aromatic heterocycles. The van der Waals surface area contributed by atoms with Gasteiger partial charge in [-0.1, -0.05) is 6.42 Å². The highest BCUT2D eigenvalue weighted by Gasteiger charge is 2.34. The molecule has 0 bridgehead atoms. The molecule has 1 aliphatic rings. The van der Waals surface area contributed by atoms with Crippen LogP contribution < -0.4 is 27.4 Å². The van der Waals surface area contributed by atoms with Gasteiger partial charge in [0.25, 0.3) is 0 Å². The largest absolute Gasteiger partial charge is 0.481 e. The Hall–Kier alpha value is -3.26. The van der Waals surface area contributed by atoms with Gasteiger partial charge in [0.2, 0.25) is 29.5 Å². The molecule has 5 amide bonds. The number of carboxylic acids is 1. The van der Waals surface area contributed by atoms with Gasteiger partial charge >= 0.3 is 5.97 Å². The molecular formula is C21H36N6O8. The van der Waals surface area contributed by atoms with Crippen LogP contribution in [-0.4, -0.2) is 94.5 Å². The van der Waals surface area contributed by atoms with E-state index in [9.17, 15) is 39.0 Å². The number of unbranched alkanes of at least 4 members (excludes halogenated alkanes) is 1. The Balaban J connectivity index is 2.95. The van der Waals surface area contributed by atoms with E-state index in [0.29, 0.717) is 45.2 Å². The standard InChI is InChI=1S/C21H36N6O8/c1-12(29)24-15(11-28)21(35)26-14(10-18(31)32)20(34)25-13(5-2-3-7-22)9-17(30)27-8-4-6-16(27)19(23)33/h13-16,28H,2-11,22H2,1H3,(H2,23,33)(H,24,29)(H,25,34)(H,26,35)(H,31,32). The van der Waals surface area contributed by atoms with Gasteiger partial charge in [-0.05, 0) is 32.2 Å². The van der Waals surface area contributed by atoms with E-state index in [2.05, 4.69) is 16.0 Å². The predicted molar refractivity (Wildman–Crippen MR) is 122 cm³/mol. The molecule has 0 aliphatic carbocycles. The summed E-state index contributed by atoms with van der Waals surface area (Å²) in [4.78, 5) is 73.6. The number of aliphatic hydroxyl groups excluding tert-OH is 1. The summed E-state index contributed by atoms with van der Waals surface area (Å²) in [5.41, 5.74) is 10.9. The first-order valence-electron chi connectivity index (χ1n) is 11.5. The number of carbonyl (C=O) groups is 6. The SMILES string of the molecule is CC(=O)NC(CO)C(=O)NC(CC(=O)O)C(=O)NC(CCCCN)CC(=O)N1CCCC1C(N)=O. The fourth-order valence-corrected chi connectivity index (χ4v) is 3.85. The van der Waals surface area contributed by atoms with Crippen molar-refractivity contribution in [2.24, 2.45) is 11.5 Å². The zero-order valence-corrected chi connectivity index (χ0v) is 19.8. The van der Waals surface area contributed by atoms with E-state index in [1.165, 1.54) is 4.90 Å². The second-order valence-electron chi connectivity index (χ2n) is 8.44. The zero-order chi connectivity index (χ0) is 26.5. The number of nitrogens with zero attached hydrogens (tertiary/aromatic N) is 1. The molecule has 0 aromatic carbocycles. The number of rotatable bonds is 15. The van der Waals surface area contributed by atoms with Crippen LogP contribution in [0.1, 0.15) is 51.9 Å². The number of nitrogens with two attached hydrogens (primary N) is 2. The van der Waals surface area contributed by atoms with Gasteiger partial charge in [0.05, 0.1) is 13.0 Å². The molecule has 14 nitrogen and oxygen atoms in total. The van der Waals surface area contributed by atoms with Crippen LogP contribution in [0.15, 0.2) is 0 Å². The maximum absolute atomic E-state index is 12.9. The van der Waals surface area contributed by atoms with Crippen molar-refractivity contribution in [3.05, 3.63) is 0 Å². The predicted octanol–water partition coefficient (Wildman–Crippen LogP) is -3.08. The second kappa shape index (κ2) is 14.9. The van der Waals surface area contributed by atoms with E-state index in [4.69, 9.17) is 11.5 Å². The lowest BCUT2D eigenvalue weighted by Gasteiger charge is -2.27. The smallest absolute Gasteiger partial charge is 0.305 e. The molecule has 1 aliphatic heterocycles. The molecule has 14 heteroatoms. The third kappa shape index (κ3) is 10.3. The van der Waals surface area contributed by atoms with Crippen molar-refractivity contribution < 1.29 is 39.0 Å². The van der Waals surface area contributed by atoms with Gasteiger partial charge < -0.3 is 42.5 Å². The average molecular weight is 501 g/mol. The summed E-state index contributed by atoms with van der Waals surface area (Å²) in [6.07, 6.45) is 1.70. The number of nitrogens with one attached hydrogen (secondary N) is 3. The summed E-state index contributed by atoms with van der Waals surface area (Å²) in [6.45, 7) is 1.12. The Kier molecular flexibility index (Phi) is 12.7. The normalized spacial score (nSPS) is 17.7. The molecule has 198 valence electrons. The van der Waals surface area contributed by atoms with Crippen molar-refractivity contribution >= 4 is 35.5 Å². The van der Waals surface area contributed by atoms with Crippen molar-refractivity contribution in [2.45, 2.75) is 76.0 Å². The summed E-state index contributed by atoms with van der Waals surface area (Å²) in [6, 6.07) is -4.33. The van der Waals surface area contributed by atoms with E-state index >= 15 is 0 Å². The molecule has 1 rings (SSSR count). The van der Waals surface area contributed by atoms with Crippen molar-refractivity contribution in [1.82, 2.24) is 20.9 Å². The highest BCUT2D eigenvalue weighted by Crippen LogP contribution is 2.19. The maximum Gasteiger partial charge on any atom is 0.305 e. The third-order valence-electron chi connectivity index (χ3n) is 5.56. The molecule has 1 heterocycles. The number of aliphatic carboxylic acids is 1. The van der Waals surface area contributed by atoms with E-state index in [-0.39, 0.29) is 12.3 Å². The lowest BCUT2D eigenvalue weighted by Crippen LogP contribution is -2.56. The molecule has 0 radical (unpaired) electrons. The first-order chi connectivity index (χ1) is 16.5. The number of amides is 5. The summed E-state index contributed by atoms with van der Waals surface area (Å²) in [7, 11) is 0. The van der Waals surface area contributed by atoms with Crippen LogP contribution in [0, 0.1) is 0 Å². The Bertz CT molecular complexity index is 792. The quantitative estimate of drug-likeness (QED) is 0.113. The second-order valence-corrected chi connectivity index (χ2v) is 8.44. The Labute approximate surface area is 203 Å². The van der Waals surface area contributed by atoms with Gasteiger partial charge in [0.15, 0.2) is 0 Å². The van der Waals surface area contributed by atoms with Crippen LogP contribution in [0.4, 0.5) is 0 Å². The van der Waals surface area contributed by atoms with E-state index < -0.39 is 66.8 Å². The molecule has 1 saturated heterocycles. The van der Waals surface area contributed by atoms with Gasteiger partial charge in [-0.3, -0.25) is 28.8 Å². The lowest BCUT2D eigenvalue weighted by molar-refractivity contribution is -0.142. The molecule has 0 aromatic rings. The van der Waals surface area contributed by atoms with Crippen LogP contribution >= 0.6 is 0 Å². The Morgan fingerprint density at radius 2 is 1.66 bits per heavy atom. The summed E-state index contributed by atoms with van der Waals surface area (Å²) >= 11 is 0. The number of carboxylic acid groups (broad SMARTS) is 1. The van der Waals surface area contributed by atoms with Gasteiger partial charge in [-0.2, -0.15) is 0 Å². The minimum absolute atomic E-state index is 0.154.